The van der Waals surface area contributed by atoms with E-state index in [0.717, 1.165) is 25.9 Å². The molecule has 0 fully saturated rings. The van der Waals surface area contributed by atoms with Gasteiger partial charge < -0.3 is 10.6 Å². The molecule has 1 unspecified atom stereocenters. The molecule has 0 aliphatic heterocycles. The van der Waals surface area contributed by atoms with E-state index in [4.69, 9.17) is 5.73 Å². The third kappa shape index (κ3) is 5.43. The number of thiophene rings is 1. The Hall–Kier alpha value is 0.100. The highest BCUT2D eigenvalue weighted by atomic mass is 79.9. The number of hydrogen-bond donors (Lipinski definition) is 1. The van der Waals surface area contributed by atoms with Gasteiger partial charge >= 0.3 is 0 Å². The number of rotatable bonds is 7. The van der Waals surface area contributed by atoms with Crippen LogP contribution in [0, 0.1) is 0 Å². The Morgan fingerprint density at radius 1 is 1.50 bits per heavy atom. The summed E-state index contributed by atoms with van der Waals surface area (Å²) in [7, 11) is 2.16. The van der Waals surface area contributed by atoms with E-state index < -0.39 is 0 Å². The molecule has 0 radical (unpaired) electrons. The van der Waals surface area contributed by atoms with E-state index >= 15 is 0 Å². The molecule has 0 saturated carbocycles. The molecular formula is C12H21BrN2S. The summed E-state index contributed by atoms with van der Waals surface area (Å²) in [5.41, 5.74) is 7.38. The van der Waals surface area contributed by atoms with Crippen LogP contribution in [0.4, 0.5) is 0 Å². The second-order valence-corrected chi connectivity index (χ2v) is 6.62. The molecule has 92 valence electrons. The van der Waals surface area contributed by atoms with E-state index in [1.165, 1.54) is 15.8 Å². The van der Waals surface area contributed by atoms with Crippen LogP contribution in [-0.2, 0) is 6.54 Å². The van der Waals surface area contributed by atoms with E-state index in [-0.39, 0.29) is 0 Å². The van der Waals surface area contributed by atoms with Gasteiger partial charge in [-0.3, -0.25) is 0 Å². The lowest BCUT2D eigenvalue weighted by atomic mass is 10.1. The highest BCUT2D eigenvalue weighted by Gasteiger charge is 2.05. The van der Waals surface area contributed by atoms with Crippen molar-refractivity contribution in [2.24, 2.45) is 5.73 Å². The summed E-state index contributed by atoms with van der Waals surface area (Å²) in [6, 6.07) is 2.55. The molecular weight excluding hydrogens is 284 g/mol. The maximum Gasteiger partial charge on any atom is 0.0701 e. The van der Waals surface area contributed by atoms with Crippen molar-refractivity contribution < 1.29 is 0 Å². The van der Waals surface area contributed by atoms with Crippen molar-refractivity contribution in [3.05, 3.63) is 20.8 Å². The second kappa shape index (κ2) is 7.43. The Balaban J connectivity index is 2.23. The van der Waals surface area contributed by atoms with E-state index in [1.807, 2.05) is 0 Å². The van der Waals surface area contributed by atoms with Crippen LogP contribution in [0.25, 0.3) is 0 Å². The van der Waals surface area contributed by atoms with Crippen LogP contribution in [0.3, 0.4) is 0 Å². The molecule has 2 nitrogen and oxygen atoms in total. The van der Waals surface area contributed by atoms with Crippen LogP contribution in [0.2, 0.25) is 0 Å². The molecule has 1 rings (SSSR count). The van der Waals surface area contributed by atoms with Gasteiger partial charge in [0.25, 0.3) is 0 Å². The summed E-state index contributed by atoms with van der Waals surface area (Å²) in [5.74, 6) is 0. The molecule has 1 heterocycles. The van der Waals surface area contributed by atoms with Gasteiger partial charge in [-0.1, -0.05) is 13.3 Å². The fourth-order valence-corrected chi connectivity index (χ4v) is 2.92. The highest BCUT2D eigenvalue weighted by molar-refractivity contribution is 9.11. The van der Waals surface area contributed by atoms with Gasteiger partial charge in [-0.25, -0.2) is 0 Å². The molecule has 0 bridgehead atoms. The molecule has 0 aliphatic rings. The van der Waals surface area contributed by atoms with E-state index in [0.29, 0.717) is 6.04 Å². The van der Waals surface area contributed by atoms with Crippen LogP contribution in [-0.4, -0.2) is 24.5 Å². The first-order valence-electron chi connectivity index (χ1n) is 5.78. The van der Waals surface area contributed by atoms with Gasteiger partial charge in [0.15, 0.2) is 0 Å². The largest absolute Gasteiger partial charge is 0.328 e. The van der Waals surface area contributed by atoms with Crippen molar-refractivity contribution in [1.29, 1.82) is 0 Å². The predicted molar refractivity (Wildman–Crippen MR) is 75.9 cm³/mol. The van der Waals surface area contributed by atoms with E-state index in [1.54, 1.807) is 11.3 Å². The lowest BCUT2D eigenvalue weighted by Crippen LogP contribution is -2.27. The minimum Gasteiger partial charge on any atom is -0.328 e. The van der Waals surface area contributed by atoms with Crippen LogP contribution >= 0.6 is 27.3 Å². The highest BCUT2D eigenvalue weighted by Crippen LogP contribution is 2.21. The van der Waals surface area contributed by atoms with E-state index in [2.05, 4.69) is 46.2 Å². The second-order valence-electron chi connectivity index (χ2n) is 4.33. The maximum absolute atomic E-state index is 6.00. The lowest BCUT2D eigenvalue weighted by molar-refractivity contribution is 0.308. The third-order valence-corrected chi connectivity index (χ3v) is 4.17. The van der Waals surface area contributed by atoms with Crippen LogP contribution in [0.5, 0.6) is 0 Å². The lowest BCUT2D eigenvalue weighted by Gasteiger charge is -2.18. The van der Waals surface area contributed by atoms with Gasteiger partial charge in [0, 0.05) is 12.6 Å². The van der Waals surface area contributed by atoms with Gasteiger partial charge in [-0.05, 0) is 59.4 Å². The zero-order valence-electron chi connectivity index (χ0n) is 10.1. The van der Waals surface area contributed by atoms with Gasteiger partial charge in [-0.15, -0.1) is 11.3 Å². The molecule has 1 aromatic heterocycles. The first kappa shape index (κ1) is 14.2. The number of halogens is 1. The molecule has 4 heteroatoms. The zero-order valence-corrected chi connectivity index (χ0v) is 12.5. The predicted octanol–water partition coefficient (Wildman–Crippen LogP) is 3.46. The Kier molecular flexibility index (Phi) is 6.58. The van der Waals surface area contributed by atoms with E-state index in [9.17, 15) is 0 Å². The Morgan fingerprint density at radius 2 is 2.25 bits per heavy atom. The van der Waals surface area contributed by atoms with Gasteiger partial charge in [0.2, 0.25) is 0 Å². The average molecular weight is 305 g/mol. The summed E-state index contributed by atoms with van der Waals surface area (Å²) >= 11 is 5.23. The molecule has 0 amide bonds. The number of nitrogens with two attached hydrogens (primary N) is 1. The van der Waals surface area contributed by atoms with Gasteiger partial charge in [0.1, 0.15) is 0 Å². The Bertz CT molecular complexity index is 301. The van der Waals surface area contributed by atoms with Crippen molar-refractivity contribution in [3.8, 4) is 0 Å². The minimum absolute atomic E-state index is 0.363. The third-order valence-electron chi connectivity index (χ3n) is 2.62. The monoisotopic (exact) mass is 304 g/mol. The molecule has 0 aromatic carbocycles. The first-order valence-corrected chi connectivity index (χ1v) is 7.46. The van der Waals surface area contributed by atoms with Crippen LogP contribution in [0.15, 0.2) is 15.2 Å². The zero-order chi connectivity index (χ0) is 12.0. The summed E-state index contributed by atoms with van der Waals surface area (Å²) in [4.78, 5) is 2.34. The first-order chi connectivity index (χ1) is 7.61. The molecule has 1 atom stereocenters. The quantitative estimate of drug-likeness (QED) is 0.836. The molecule has 0 spiro atoms. The Morgan fingerprint density at radius 3 is 2.81 bits per heavy atom. The summed E-state index contributed by atoms with van der Waals surface area (Å²) < 4.78 is 1.21. The smallest absolute Gasteiger partial charge is 0.0701 e. The number of hydrogen-bond acceptors (Lipinski definition) is 3. The Labute approximate surface area is 111 Å². The molecule has 0 saturated heterocycles. The summed E-state index contributed by atoms with van der Waals surface area (Å²) in [6.07, 6.45) is 3.41. The molecule has 16 heavy (non-hydrogen) atoms. The minimum atomic E-state index is 0.363. The van der Waals surface area contributed by atoms with Crippen LogP contribution in [0.1, 0.15) is 31.7 Å². The average Bonchev–Trinajstić information content (AvgIpc) is 2.61. The standard InChI is InChI=1S/C12H21BrN2S/c1-3-4-11(14)5-6-15(2)8-10-7-12(13)16-9-10/h7,9,11H,3-6,8,14H2,1-2H3. The molecule has 2 N–H and O–H groups in total. The topological polar surface area (TPSA) is 29.3 Å². The van der Waals surface area contributed by atoms with Crippen molar-refractivity contribution in [3.63, 3.8) is 0 Å². The van der Waals surface area contributed by atoms with Gasteiger partial charge in [-0.2, -0.15) is 0 Å². The summed E-state index contributed by atoms with van der Waals surface area (Å²) in [6.45, 7) is 4.28. The normalized spacial score (nSPS) is 13.3. The van der Waals surface area contributed by atoms with Crippen molar-refractivity contribution >= 4 is 27.3 Å². The summed E-state index contributed by atoms with van der Waals surface area (Å²) in [5, 5.41) is 2.20. The SMILES string of the molecule is CCCC(N)CCN(C)Cc1csc(Br)c1. The maximum atomic E-state index is 6.00. The van der Waals surface area contributed by atoms with Crippen molar-refractivity contribution in [1.82, 2.24) is 4.90 Å². The fraction of sp³-hybridized carbons (Fsp3) is 0.667. The van der Waals surface area contributed by atoms with Gasteiger partial charge in [0.05, 0.1) is 3.79 Å². The van der Waals surface area contributed by atoms with Crippen molar-refractivity contribution in [2.75, 3.05) is 13.6 Å². The number of nitrogens with zero attached hydrogens (tertiary/aromatic N) is 1. The fourth-order valence-electron chi connectivity index (χ4n) is 1.72. The molecule has 1 aromatic rings. The van der Waals surface area contributed by atoms with Crippen LogP contribution < -0.4 is 5.73 Å². The molecule has 0 aliphatic carbocycles. The van der Waals surface area contributed by atoms with Crippen molar-refractivity contribution in [2.45, 2.75) is 38.8 Å².